The molecule has 0 bridgehead atoms. The van der Waals surface area contributed by atoms with Crippen molar-refractivity contribution in [3.8, 4) is 5.75 Å². The number of rotatable bonds is 16. The fourth-order valence-electron chi connectivity index (χ4n) is 4.85. The van der Waals surface area contributed by atoms with E-state index >= 15 is 0 Å². The number of phenols is 1. The predicted molar refractivity (Wildman–Crippen MR) is 171 cm³/mol. The molecule has 0 aliphatic carbocycles. The summed E-state index contributed by atoms with van der Waals surface area (Å²) in [5, 5.41) is 28.3. The van der Waals surface area contributed by atoms with Gasteiger partial charge in [0.2, 0.25) is 17.7 Å². The molecule has 4 aromatic rings. The number of nitrogens with two attached hydrogens (primary N) is 1. The number of phenolic OH excluding ortho intramolecular Hbond substituents is 1. The Morgan fingerprint density at radius 2 is 1.58 bits per heavy atom. The fraction of sp³-hybridized carbons (Fsp3) is 0.323. The molecule has 4 atom stereocenters. The zero-order valence-electron chi connectivity index (χ0n) is 24.7. The Balaban J connectivity index is 1.47. The van der Waals surface area contributed by atoms with Crippen molar-refractivity contribution in [1.29, 1.82) is 0 Å². The molecule has 0 saturated carbocycles. The number of carboxylic acids is 1. The highest BCUT2D eigenvalue weighted by atomic mass is 32.2. The fourth-order valence-corrected chi connectivity index (χ4v) is 5.32. The summed E-state index contributed by atoms with van der Waals surface area (Å²) in [6.07, 6.45) is 6.97. The number of aromatic amines is 2. The van der Waals surface area contributed by atoms with Gasteiger partial charge in [-0.25, -0.2) is 9.78 Å². The number of hydrogen-bond acceptors (Lipinski definition) is 8. The van der Waals surface area contributed by atoms with Gasteiger partial charge in [-0.1, -0.05) is 30.3 Å². The predicted octanol–water partition coefficient (Wildman–Crippen LogP) is 1.24. The molecule has 4 unspecified atom stereocenters. The molecule has 3 amide bonds. The van der Waals surface area contributed by atoms with Crippen LogP contribution in [0.4, 0.5) is 0 Å². The van der Waals surface area contributed by atoms with Crippen molar-refractivity contribution in [2.75, 3.05) is 12.0 Å². The summed E-state index contributed by atoms with van der Waals surface area (Å²) in [6, 6.07) is 9.31. The van der Waals surface area contributed by atoms with Crippen molar-refractivity contribution in [1.82, 2.24) is 30.9 Å². The number of benzene rings is 2. The van der Waals surface area contributed by atoms with Crippen molar-refractivity contribution in [3.63, 3.8) is 0 Å². The molecule has 2 heterocycles. The molecule has 0 aliphatic rings. The van der Waals surface area contributed by atoms with Crippen LogP contribution >= 0.6 is 11.8 Å². The van der Waals surface area contributed by atoms with E-state index in [1.165, 1.54) is 36.4 Å². The molecule has 2 aromatic carbocycles. The highest BCUT2D eigenvalue weighted by molar-refractivity contribution is 7.98. The van der Waals surface area contributed by atoms with Gasteiger partial charge in [-0.2, -0.15) is 11.8 Å². The average molecular weight is 636 g/mol. The van der Waals surface area contributed by atoms with E-state index in [1.54, 1.807) is 18.3 Å². The van der Waals surface area contributed by atoms with E-state index in [1.807, 2.05) is 30.5 Å². The van der Waals surface area contributed by atoms with Gasteiger partial charge in [-0.15, -0.1) is 0 Å². The van der Waals surface area contributed by atoms with Gasteiger partial charge >= 0.3 is 5.97 Å². The second-order valence-corrected chi connectivity index (χ2v) is 11.6. The van der Waals surface area contributed by atoms with E-state index in [4.69, 9.17) is 5.73 Å². The summed E-state index contributed by atoms with van der Waals surface area (Å²) in [5.74, 6) is -2.47. The number of nitrogens with zero attached hydrogens (tertiary/aromatic N) is 1. The molecular weight excluding hydrogens is 598 g/mol. The summed E-state index contributed by atoms with van der Waals surface area (Å²) < 4.78 is 0. The number of H-pyrrole nitrogens is 2. The number of fused-ring (bicyclic) bond motifs is 1. The SMILES string of the molecule is CSCCC(NC(=O)C(N)Cc1ccc(O)cc1)C(=O)NC(Cc1cnc[nH]1)C(=O)NC(Cc1c[nH]c2ccccc12)C(=O)O. The van der Waals surface area contributed by atoms with Crippen molar-refractivity contribution < 1.29 is 29.4 Å². The van der Waals surface area contributed by atoms with Gasteiger partial charge in [0.05, 0.1) is 12.4 Å². The topological polar surface area (TPSA) is 215 Å². The third-order valence-electron chi connectivity index (χ3n) is 7.30. The van der Waals surface area contributed by atoms with Crippen LogP contribution in [0.15, 0.2) is 67.3 Å². The van der Waals surface area contributed by atoms with E-state index < -0.39 is 47.9 Å². The Labute approximate surface area is 263 Å². The molecule has 45 heavy (non-hydrogen) atoms. The number of aromatic nitrogens is 3. The van der Waals surface area contributed by atoms with E-state index in [9.17, 15) is 29.4 Å². The van der Waals surface area contributed by atoms with Crippen LogP contribution < -0.4 is 21.7 Å². The van der Waals surface area contributed by atoms with Gasteiger partial charge in [0, 0.05) is 41.8 Å². The molecule has 0 saturated heterocycles. The zero-order valence-corrected chi connectivity index (χ0v) is 25.5. The number of imidazole rings is 1. The van der Waals surface area contributed by atoms with Crippen LogP contribution in [-0.4, -0.2) is 85.0 Å². The lowest BCUT2D eigenvalue weighted by molar-refractivity contribution is -0.142. The van der Waals surface area contributed by atoms with E-state index in [0.29, 0.717) is 11.4 Å². The van der Waals surface area contributed by atoms with Crippen LogP contribution in [0.3, 0.4) is 0 Å². The van der Waals surface area contributed by atoms with Crippen molar-refractivity contribution in [3.05, 3.63) is 84.1 Å². The molecule has 14 heteroatoms. The number of para-hydroxylation sites is 1. The van der Waals surface area contributed by atoms with Gasteiger partial charge in [0.25, 0.3) is 0 Å². The normalized spacial score (nSPS) is 13.8. The first-order chi connectivity index (χ1) is 21.6. The smallest absolute Gasteiger partial charge is 0.326 e. The number of hydrogen-bond donors (Lipinski definition) is 8. The summed E-state index contributed by atoms with van der Waals surface area (Å²) in [4.78, 5) is 62.3. The largest absolute Gasteiger partial charge is 0.508 e. The first kappa shape index (κ1) is 33.1. The quantitative estimate of drug-likeness (QED) is 0.0888. The van der Waals surface area contributed by atoms with Crippen LogP contribution in [0.2, 0.25) is 0 Å². The second-order valence-electron chi connectivity index (χ2n) is 10.6. The minimum Gasteiger partial charge on any atom is -0.508 e. The van der Waals surface area contributed by atoms with Gasteiger partial charge in [0.15, 0.2) is 0 Å². The molecule has 238 valence electrons. The van der Waals surface area contributed by atoms with E-state index in [2.05, 4.69) is 30.9 Å². The molecule has 13 nitrogen and oxygen atoms in total. The Hall–Kier alpha value is -4.82. The highest BCUT2D eigenvalue weighted by Gasteiger charge is 2.31. The molecule has 0 radical (unpaired) electrons. The van der Waals surface area contributed by atoms with Gasteiger partial charge in [-0.3, -0.25) is 14.4 Å². The average Bonchev–Trinajstić information content (AvgIpc) is 3.69. The molecule has 4 rings (SSSR count). The zero-order chi connectivity index (χ0) is 32.3. The summed E-state index contributed by atoms with van der Waals surface area (Å²) >= 11 is 1.48. The molecule has 0 spiro atoms. The number of carbonyl (C=O) groups excluding carboxylic acids is 3. The summed E-state index contributed by atoms with van der Waals surface area (Å²) in [6.45, 7) is 0. The monoisotopic (exact) mass is 635 g/mol. The third kappa shape index (κ3) is 9.33. The van der Waals surface area contributed by atoms with Crippen LogP contribution in [0.5, 0.6) is 5.75 Å². The van der Waals surface area contributed by atoms with Crippen molar-refractivity contribution in [2.24, 2.45) is 5.73 Å². The standard InChI is InChI=1S/C31H37N7O6S/c1-45-11-10-25(36-28(40)23(32)12-18-6-8-21(39)9-7-18)29(41)37-26(14-20-16-33-17-35-20)30(42)38-27(31(43)44)13-19-15-34-24-5-3-2-4-22(19)24/h2-9,15-17,23,25-27,34,39H,10-14,32H2,1H3,(H,33,35)(H,36,40)(H,37,41)(H,38,42)(H,43,44). The number of aliphatic carboxylic acids is 1. The number of amides is 3. The van der Waals surface area contributed by atoms with Crippen molar-refractivity contribution in [2.45, 2.75) is 49.9 Å². The lowest BCUT2D eigenvalue weighted by atomic mass is 10.0. The molecular formula is C31H37N7O6S. The molecule has 9 N–H and O–H groups in total. The maximum atomic E-state index is 13.5. The van der Waals surface area contributed by atoms with E-state index in [-0.39, 0.29) is 31.4 Å². The van der Waals surface area contributed by atoms with E-state index in [0.717, 1.165) is 22.0 Å². The summed E-state index contributed by atoms with van der Waals surface area (Å²) in [7, 11) is 0. The number of carbonyl (C=O) groups is 4. The van der Waals surface area contributed by atoms with Crippen molar-refractivity contribution >= 4 is 46.4 Å². The number of aromatic hydroxyl groups is 1. The van der Waals surface area contributed by atoms with Gasteiger partial charge in [-0.05, 0) is 54.2 Å². The minimum absolute atomic E-state index is 0.000554. The Bertz CT molecular complexity index is 1590. The van der Waals surface area contributed by atoms with Crippen LogP contribution in [-0.2, 0) is 38.4 Å². The van der Waals surface area contributed by atoms with Gasteiger partial charge < -0.3 is 41.9 Å². The van der Waals surface area contributed by atoms with Crippen LogP contribution in [0.25, 0.3) is 10.9 Å². The maximum absolute atomic E-state index is 13.5. The third-order valence-corrected chi connectivity index (χ3v) is 7.94. The second kappa shape index (κ2) is 15.8. The Morgan fingerprint density at radius 1 is 0.889 bits per heavy atom. The lowest BCUT2D eigenvalue weighted by Crippen LogP contribution is -2.58. The van der Waals surface area contributed by atoms with Crippen LogP contribution in [0.1, 0.15) is 23.2 Å². The number of thioether (sulfide) groups is 1. The highest BCUT2D eigenvalue weighted by Crippen LogP contribution is 2.19. The van der Waals surface area contributed by atoms with Crippen LogP contribution in [0, 0.1) is 0 Å². The lowest BCUT2D eigenvalue weighted by Gasteiger charge is -2.25. The first-order valence-electron chi connectivity index (χ1n) is 14.3. The number of nitrogens with one attached hydrogen (secondary N) is 5. The summed E-state index contributed by atoms with van der Waals surface area (Å²) in [5.41, 5.74) is 8.97. The number of carboxylic acid groups (broad SMARTS) is 1. The molecule has 0 aliphatic heterocycles. The minimum atomic E-state index is -1.28. The Morgan fingerprint density at radius 3 is 2.27 bits per heavy atom. The molecule has 0 fully saturated rings. The molecule has 2 aromatic heterocycles. The maximum Gasteiger partial charge on any atom is 0.326 e. The van der Waals surface area contributed by atoms with Gasteiger partial charge in [0.1, 0.15) is 23.9 Å². The Kier molecular flexibility index (Phi) is 11.6. The first-order valence-corrected chi connectivity index (χ1v) is 15.7.